The zero-order valence-electron chi connectivity index (χ0n) is 16.8. The molecule has 0 aromatic heterocycles. The third-order valence-corrected chi connectivity index (χ3v) is 6.10. The van der Waals surface area contributed by atoms with Crippen molar-refractivity contribution in [1.82, 2.24) is 4.90 Å². The molecule has 2 aliphatic rings. The van der Waals surface area contributed by atoms with E-state index in [1.165, 1.54) is 22.3 Å². The lowest BCUT2D eigenvalue weighted by atomic mass is 10.00. The van der Waals surface area contributed by atoms with Crippen LogP contribution in [-0.2, 0) is 16.0 Å². The molecular weight excluding hydrogens is 372 g/mol. The molecule has 0 saturated carbocycles. The van der Waals surface area contributed by atoms with Gasteiger partial charge in [0.1, 0.15) is 6.04 Å². The second-order valence-electron chi connectivity index (χ2n) is 8.05. The lowest BCUT2D eigenvalue weighted by molar-refractivity contribution is -0.141. The summed E-state index contributed by atoms with van der Waals surface area (Å²) >= 11 is 0. The van der Waals surface area contributed by atoms with E-state index in [1.54, 1.807) is 4.90 Å². The molecule has 2 amide bonds. The van der Waals surface area contributed by atoms with E-state index in [9.17, 15) is 9.59 Å². The van der Waals surface area contributed by atoms with Gasteiger partial charge in [0.15, 0.2) is 0 Å². The number of carbonyl (C=O) groups excluding carboxylic acids is 2. The highest BCUT2D eigenvalue weighted by Crippen LogP contribution is 2.38. The molecule has 0 spiro atoms. The van der Waals surface area contributed by atoms with Gasteiger partial charge >= 0.3 is 0 Å². The summed E-state index contributed by atoms with van der Waals surface area (Å²) in [7, 11) is 0. The van der Waals surface area contributed by atoms with E-state index in [2.05, 4.69) is 41.7 Å². The molecule has 1 N–H and O–H groups in total. The summed E-state index contributed by atoms with van der Waals surface area (Å²) in [5, 5.41) is 3.08. The third kappa shape index (κ3) is 3.39. The molecular formula is C26H24N2O2. The van der Waals surface area contributed by atoms with E-state index in [1.807, 2.05) is 36.4 Å². The molecule has 150 valence electrons. The van der Waals surface area contributed by atoms with Crippen LogP contribution in [0.4, 0.5) is 5.69 Å². The van der Waals surface area contributed by atoms with Crippen LogP contribution < -0.4 is 5.32 Å². The number of amides is 2. The predicted octanol–water partition coefficient (Wildman–Crippen LogP) is 4.95. The van der Waals surface area contributed by atoms with Gasteiger partial charge in [-0.05, 0) is 59.2 Å². The van der Waals surface area contributed by atoms with E-state index in [4.69, 9.17) is 0 Å². The number of carbonyl (C=O) groups is 2. The molecule has 4 nitrogen and oxygen atoms in total. The monoisotopic (exact) mass is 396 g/mol. The fourth-order valence-electron chi connectivity index (χ4n) is 4.64. The van der Waals surface area contributed by atoms with Crippen LogP contribution in [0.15, 0.2) is 72.8 Å². The quantitative estimate of drug-likeness (QED) is 0.531. The molecule has 1 heterocycles. The normalized spacial score (nSPS) is 16.0. The first-order valence-electron chi connectivity index (χ1n) is 10.6. The van der Waals surface area contributed by atoms with E-state index in [0.717, 1.165) is 30.5 Å². The number of fused-ring (bicyclic) bond motifs is 3. The number of hydrogen-bond acceptors (Lipinski definition) is 2. The Hall–Kier alpha value is -3.40. The Labute approximate surface area is 176 Å². The van der Waals surface area contributed by atoms with Crippen molar-refractivity contribution < 1.29 is 9.59 Å². The summed E-state index contributed by atoms with van der Waals surface area (Å²) in [5.74, 6) is -0.110. The van der Waals surface area contributed by atoms with Gasteiger partial charge in [0.2, 0.25) is 5.91 Å². The lowest BCUT2D eigenvalue weighted by Gasteiger charge is -2.34. The molecule has 1 fully saturated rings. The summed E-state index contributed by atoms with van der Waals surface area (Å²) in [4.78, 5) is 27.7. The maximum absolute atomic E-state index is 13.4. The smallest absolute Gasteiger partial charge is 0.251 e. The molecule has 4 heteroatoms. The Morgan fingerprint density at radius 3 is 2.47 bits per heavy atom. The number of anilines is 1. The van der Waals surface area contributed by atoms with Crippen molar-refractivity contribution in [2.24, 2.45) is 0 Å². The summed E-state index contributed by atoms with van der Waals surface area (Å²) in [5.41, 5.74) is 6.66. The van der Waals surface area contributed by atoms with E-state index in [0.29, 0.717) is 13.0 Å². The van der Waals surface area contributed by atoms with Crippen molar-refractivity contribution in [2.75, 3.05) is 11.9 Å². The summed E-state index contributed by atoms with van der Waals surface area (Å²) in [6.45, 7) is 0.616. The van der Waals surface area contributed by atoms with Crippen LogP contribution in [0.25, 0.3) is 11.1 Å². The minimum atomic E-state index is -0.607. The molecule has 3 aromatic rings. The molecule has 30 heavy (non-hydrogen) atoms. The highest BCUT2D eigenvalue weighted by Gasteiger charge is 2.32. The van der Waals surface area contributed by atoms with Crippen LogP contribution in [0.2, 0.25) is 0 Å². The van der Waals surface area contributed by atoms with Gasteiger partial charge in [-0.15, -0.1) is 0 Å². The Kier molecular flexibility index (Phi) is 4.83. The fourth-order valence-corrected chi connectivity index (χ4v) is 4.64. The first-order valence-corrected chi connectivity index (χ1v) is 10.6. The van der Waals surface area contributed by atoms with Gasteiger partial charge in [-0.3, -0.25) is 9.59 Å². The largest absolute Gasteiger partial charge is 0.327 e. The van der Waals surface area contributed by atoms with Crippen LogP contribution in [0.3, 0.4) is 0 Å². The van der Waals surface area contributed by atoms with Gasteiger partial charge in [0, 0.05) is 18.7 Å². The fraction of sp³-hybridized carbons (Fsp3) is 0.231. The van der Waals surface area contributed by atoms with Crippen LogP contribution >= 0.6 is 0 Å². The van der Waals surface area contributed by atoms with Crippen molar-refractivity contribution in [1.29, 1.82) is 0 Å². The average Bonchev–Trinajstić information content (AvgIpc) is 3.14. The molecule has 1 aliphatic heterocycles. The number of nitrogens with one attached hydrogen (secondary N) is 1. The van der Waals surface area contributed by atoms with Crippen molar-refractivity contribution in [3.05, 3.63) is 89.5 Å². The average molecular weight is 396 g/mol. The number of hydrogen-bond donors (Lipinski definition) is 1. The topological polar surface area (TPSA) is 49.4 Å². The van der Waals surface area contributed by atoms with E-state index >= 15 is 0 Å². The molecule has 5 rings (SSSR count). The van der Waals surface area contributed by atoms with Gasteiger partial charge in [-0.2, -0.15) is 0 Å². The Morgan fingerprint density at radius 1 is 0.867 bits per heavy atom. The van der Waals surface area contributed by atoms with Crippen LogP contribution in [0.5, 0.6) is 0 Å². The lowest BCUT2D eigenvalue weighted by Crippen LogP contribution is -2.43. The summed E-state index contributed by atoms with van der Waals surface area (Å²) in [6.07, 6.45) is 3.21. The van der Waals surface area contributed by atoms with Gasteiger partial charge < -0.3 is 10.2 Å². The predicted molar refractivity (Wildman–Crippen MR) is 118 cm³/mol. The molecule has 1 unspecified atom stereocenters. The summed E-state index contributed by atoms with van der Waals surface area (Å²) < 4.78 is 0. The highest BCUT2D eigenvalue weighted by atomic mass is 16.2. The first kappa shape index (κ1) is 18.6. The van der Waals surface area contributed by atoms with Gasteiger partial charge in [-0.25, -0.2) is 0 Å². The Balaban J connectivity index is 1.42. The minimum absolute atomic E-state index is 0.0506. The van der Waals surface area contributed by atoms with Crippen LogP contribution in [0.1, 0.15) is 42.0 Å². The molecule has 1 aliphatic carbocycles. The number of benzene rings is 3. The Bertz CT molecular complexity index is 1110. The number of piperidine rings is 1. The standard InChI is InChI=1S/C26H24N2O2/c29-24-12-6-7-15-28(24)25(18-8-2-1-3-9-18)26(30)27-21-13-14-23-20(17-21)16-19-10-4-5-11-22(19)23/h1-5,8-11,13-14,17,25H,6-7,12,15-16H2,(H,27,30). The number of likely N-dealkylation sites (tertiary alicyclic amines) is 1. The number of nitrogens with zero attached hydrogens (tertiary/aromatic N) is 1. The molecule has 3 aromatic carbocycles. The van der Waals surface area contributed by atoms with Crippen LogP contribution in [0, 0.1) is 0 Å². The van der Waals surface area contributed by atoms with Crippen LogP contribution in [-0.4, -0.2) is 23.3 Å². The Morgan fingerprint density at radius 2 is 1.63 bits per heavy atom. The number of rotatable bonds is 4. The van der Waals surface area contributed by atoms with Gasteiger partial charge in [-0.1, -0.05) is 60.7 Å². The minimum Gasteiger partial charge on any atom is -0.327 e. The second kappa shape index (κ2) is 7.79. The molecule has 0 radical (unpaired) electrons. The summed E-state index contributed by atoms with van der Waals surface area (Å²) in [6, 6.07) is 23.5. The van der Waals surface area contributed by atoms with Gasteiger partial charge in [0.25, 0.3) is 5.91 Å². The first-order chi connectivity index (χ1) is 14.7. The van der Waals surface area contributed by atoms with E-state index < -0.39 is 6.04 Å². The van der Waals surface area contributed by atoms with Gasteiger partial charge in [0.05, 0.1) is 0 Å². The SMILES string of the molecule is O=C(Nc1ccc2c(c1)Cc1ccccc1-2)C(c1ccccc1)N1CCCCC1=O. The molecule has 1 atom stereocenters. The third-order valence-electron chi connectivity index (χ3n) is 6.10. The molecule has 0 bridgehead atoms. The van der Waals surface area contributed by atoms with Crippen molar-refractivity contribution in [2.45, 2.75) is 31.7 Å². The second-order valence-corrected chi connectivity index (χ2v) is 8.05. The molecule has 1 saturated heterocycles. The maximum atomic E-state index is 13.4. The maximum Gasteiger partial charge on any atom is 0.251 e. The van der Waals surface area contributed by atoms with Crippen molar-refractivity contribution in [3.63, 3.8) is 0 Å². The zero-order chi connectivity index (χ0) is 20.5. The highest BCUT2D eigenvalue weighted by molar-refractivity contribution is 5.98. The van der Waals surface area contributed by atoms with E-state index in [-0.39, 0.29) is 11.8 Å². The van der Waals surface area contributed by atoms with Crippen molar-refractivity contribution >= 4 is 17.5 Å². The van der Waals surface area contributed by atoms with Crippen molar-refractivity contribution in [3.8, 4) is 11.1 Å². The zero-order valence-corrected chi connectivity index (χ0v) is 16.8.